The molecule has 0 aliphatic carbocycles. The fourth-order valence-electron chi connectivity index (χ4n) is 4.03. The summed E-state index contributed by atoms with van der Waals surface area (Å²) in [6.45, 7) is 0.956. The van der Waals surface area contributed by atoms with Crippen LogP contribution in [0.2, 0.25) is 5.02 Å². The number of fused-ring (bicyclic) bond motifs is 4. The minimum absolute atomic E-state index is 0.163. The molecule has 0 fully saturated rings. The Morgan fingerprint density at radius 1 is 1.00 bits per heavy atom. The van der Waals surface area contributed by atoms with Crippen molar-refractivity contribution >= 4 is 33.3 Å². The van der Waals surface area contributed by atoms with Crippen LogP contribution in [0.5, 0.6) is 5.75 Å². The highest BCUT2D eigenvalue weighted by Crippen LogP contribution is 2.35. The highest BCUT2D eigenvalue weighted by Gasteiger charge is 2.25. The quantitative estimate of drug-likeness (QED) is 0.513. The Kier molecular flexibility index (Phi) is 3.66. The molecule has 3 aromatic carbocycles. The van der Waals surface area contributed by atoms with Crippen LogP contribution in [0.3, 0.4) is 0 Å². The third kappa shape index (κ3) is 2.47. The van der Waals surface area contributed by atoms with Crippen LogP contribution < -0.4 is 10.1 Å². The van der Waals surface area contributed by atoms with Gasteiger partial charge in [0.2, 0.25) is 0 Å². The molecule has 4 heteroatoms. The second kappa shape index (κ2) is 6.04. The predicted molar refractivity (Wildman–Crippen MR) is 107 cm³/mol. The third-order valence-electron chi connectivity index (χ3n) is 5.32. The zero-order valence-electron chi connectivity index (χ0n) is 14.5. The van der Waals surface area contributed by atoms with Crippen molar-refractivity contribution in [3.63, 3.8) is 0 Å². The lowest BCUT2D eigenvalue weighted by atomic mass is 9.93. The van der Waals surface area contributed by atoms with Gasteiger partial charge in [0.25, 0.3) is 0 Å². The van der Waals surface area contributed by atoms with Crippen LogP contribution in [-0.2, 0) is 6.42 Å². The lowest BCUT2D eigenvalue weighted by molar-refractivity contribution is 0.415. The minimum atomic E-state index is 0.163. The molecule has 0 amide bonds. The van der Waals surface area contributed by atoms with E-state index in [1.807, 2.05) is 12.1 Å². The van der Waals surface area contributed by atoms with Crippen LogP contribution >= 0.6 is 11.6 Å². The normalized spacial score (nSPS) is 16.8. The van der Waals surface area contributed by atoms with Gasteiger partial charge in [0.1, 0.15) is 5.75 Å². The topological polar surface area (TPSA) is 37.0 Å². The van der Waals surface area contributed by atoms with Gasteiger partial charge in [-0.2, -0.15) is 0 Å². The van der Waals surface area contributed by atoms with Crippen molar-refractivity contribution in [1.82, 2.24) is 10.3 Å². The van der Waals surface area contributed by atoms with Gasteiger partial charge >= 0.3 is 0 Å². The maximum Gasteiger partial charge on any atom is 0.119 e. The smallest absolute Gasteiger partial charge is 0.119 e. The van der Waals surface area contributed by atoms with Crippen molar-refractivity contribution in [3.8, 4) is 5.75 Å². The Morgan fingerprint density at radius 2 is 1.85 bits per heavy atom. The van der Waals surface area contributed by atoms with E-state index in [2.05, 4.69) is 52.8 Å². The molecule has 3 nitrogen and oxygen atoms in total. The Morgan fingerprint density at radius 3 is 2.73 bits per heavy atom. The van der Waals surface area contributed by atoms with Gasteiger partial charge in [0.05, 0.1) is 13.2 Å². The fraction of sp³-hybridized carbons (Fsp3) is 0.182. The van der Waals surface area contributed by atoms with Gasteiger partial charge < -0.3 is 15.0 Å². The van der Waals surface area contributed by atoms with E-state index < -0.39 is 0 Å². The number of aromatic nitrogens is 1. The van der Waals surface area contributed by atoms with Gasteiger partial charge in [-0.25, -0.2) is 0 Å². The monoisotopic (exact) mass is 362 g/mol. The predicted octanol–water partition coefficient (Wildman–Crippen LogP) is 5.22. The average molecular weight is 363 g/mol. The van der Waals surface area contributed by atoms with Crippen LogP contribution in [0.1, 0.15) is 22.9 Å². The second-order valence-electron chi connectivity index (χ2n) is 6.82. The number of rotatable bonds is 2. The van der Waals surface area contributed by atoms with E-state index in [4.69, 9.17) is 16.3 Å². The van der Waals surface area contributed by atoms with Crippen molar-refractivity contribution < 1.29 is 4.74 Å². The average Bonchev–Trinajstić information content (AvgIpc) is 3.05. The van der Waals surface area contributed by atoms with E-state index in [0.717, 1.165) is 29.3 Å². The van der Waals surface area contributed by atoms with E-state index in [-0.39, 0.29) is 6.04 Å². The summed E-state index contributed by atoms with van der Waals surface area (Å²) >= 11 is 6.22. The Labute approximate surface area is 156 Å². The third-order valence-corrected chi connectivity index (χ3v) is 5.55. The molecular weight excluding hydrogens is 344 g/mol. The van der Waals surface area contributed by atoms with E-state index in [0.29, 0.717) is 0 Å². The van der Waals surface area contributed by atoms with E-state index in [9.17, 15) is 0 Å². The summed E-state index contributed by atoms with van der Waals surface area (Å²) in [4.78, 5) is 3.62. The van der Waals surface area contributed by atoms with E-state index in [1.54, 1.807) is 7.11 Å². The molecule has 130 valence electrons. The summed E-state index contributed by atoms with van der Waals surface area (Å²) in [6, 6.07) is 19.1. The number of benzene rings is 3. The van der Waals surface area contributed by atoms with Crippen molar-refractivity contribution in [2.24, 2.45) is 0 Å². The zero-order chi connectivity index (χ0) is 17.7. The van der Waals surface area contributed by atoms with Crippen molar-refractivity contribution in [3.05, 3.63) is 76.4 Å². The van der Waals surface area contributed by atoms with Gasteiger partial charge in [-0.1, -0.05) is 29.8 Å². The zero-order valence-corrected chi connectivity index (χ0v) is 15.2. The first-order chi connectivity index (χ1) is 12.7. The molecule has 4 aromatic rings. The van der Waals surface area contributed by atoms with Gasteiger partial charge in [0.15, 0.2) is 0 Å². The molecule has 26 heavy (non-hydrogen) atoms. The van der Waals surface area contributed by atoms with E-state index in [1.165, 1.54) is 33.0 Å². The summed E-state index contributed by atoms with van der Waals surface area (Å²) in [5.41, 5.74) is 5.04. The Bertz CT molecular complexity index is 1130. The lowest BCUT2D eigenvalue weighted by Crippen LogP contribution is -2.30. The molecule has 1 aliphatic rings. The number of nitrogens with one attached hydrogen (secondary N) is 2. The SMILES string of the molecule is COc1ccc2cc(C3NCCc4c3[nH]c3ccc(Cl)cc43)ccc2c1. The van der Waals surface area contributed by atoms with Gasteiger partial charge in [-0.05, 0) is 64.7 Å². The first kappa shape index (κ1) is 15.7. The van der Waals surface area contributed by atoms with Crippen LogP contribution in [0.4, 0.5) is 0 Å². The maximum atomic E-state index is 6.22. The molecule has 0 radical (unpaired) electrons. The van der Waals surface area contributed by atoms with Crippen molar-refractivity contribution in [1.29, 1.82) is 0 Å². The number of halogens is 1. The second-order valence-corrected chi connectivity index (χ2v) is 7.25. The molecule has 1 aliphatic heterocycles. The largest absolute Gasteiger partial charge is 0.497 e. The summed E-state index contributed by atoms with van der Waals surface area (Å²) in [5.74, 6) is 0.885. The summed E-state index contributed by atoms with van der Waals surface area (Å²) < 4.78 is 5.33. The molecule has 0 saturated heterocycles. The van der Waals surface area contributed by atoms with E-state index >= 15 is 0 Å². The Balaban J connectivity index is 1.63. The lowest BCUT2D eigenvalue weighted by Gasteiger charge is -2.25. The molecule has 1 aromatic heterocycles. The minimum Gasteiger partial charge on any atom is -0.497 e. The molecular formula is C22H19ClN2O. The number of aromatic amines is 1. The summed E-state index contributed by atoms with van der Waals surface area (Å²) in [6.07, 6.45) is 1.01. The van der Waals surface area contributed by atoms with Crippen LogP contribution in [-0.4, -0.2) is 18.6 Å². The molecule has 5 rings (SSSR count). The fourth-order valence-corrected chi connectivity index (χ4v) is 4.21. The molecule has 0 bridgehead atoms. The number of H-pyrrole nitrogens is 1. The molecule has 0 saturated carbocycles. The molecule has 2 heterocycles. The van der Waals surface area contributed by atoms with Crippen LogP contribution in [0, 0.1) is 0 Å². The number of hydrogen-bond acceptors (Lipinski definition) is 2. The van der Waals surface area contributed by atoms with Crippen LogP contribution in [0.25, 0.3) is 21.7 Å². The van der Waals surface area contributed by atoms with Crippen molar-refractivity contribution in [2.45, 2.75) is 12.5 Å². The van der Waals surface area contributed by atoms with Gasteiger partial charge in [-0.3, -0.25) is 0 Å². The first-order valence-electron chi connectivity index (χ1n) is 8.84. The summed E-state index contributed by atoms with van der Waals surface area (Å²) in [7, 11) is 1.70. The highest BCUT2D eigenvalue weighted by atomic mass is 35.5. The molecule has 1 atom stereocenters. The first-order valence-corrected chi connectivity index (χ1v) is 9.22. The van der Waals surface area contributed by atoms with Crippen LogP contribution in [0.15, 0.2) is 54.6 Å². The van der Waals surface area contributed by atoms with Crippen molar-refractivity contribution in [2.75, 3.05) is 13.7 Å². The maximum absolute atomic E-state index is 6.22. The summed E-state index contributed by atoms with van der Waals surface area (Å²) in [5, 5.41) is 8.10. The number of hydrogen-bond donors (Lipinski definition) is 2. The molecule has 0 spiro atoms. The van der Waals surface area contributed by atoms with Gasteiger partial charge in [-0.15, -0.1) is 0 Å². The molecule has 1 unspecified atom stereocenters. The standard InChI is InChI=1S/C22H19ClN2O/c1-26-17-6-4-13-10-15(3-2-14(13)11-17)21-22-18(8-9-24-21)19-12-16(23)5-7-20(19)25-22/h2-7,10-12,21,24-25H,8-9H2,1H3. The number of methoxy groups -OCH3 is 1. The van der Waals surface area contributed by atoms with Gasteiger partial charge in [0, 0.05) is 28.2 Å². The number of ether oxygens (including phenoxy) is 1. The molecule has 2 N–H and O–H groups in total. The Hall–Kier alpha value is -2.49. The highest BCUT2D eigenvalue weighted by molar-refractivity contribution is 6.31.